The molecule has 1 fully saturated rings. The number of nitrogens with two attached hydrogens (primary N) is 1. The van der Waals surface area contributed by atoms with E-state index in [4.69, 9.17) is 5.73 Å². The van der Waals surface area contributed by atoms with Gasteiger partial charge in [-0.15, -0.1) is 0 Å². The molecule has 1 saturated carbocycles. The quantitative estimate of drug-likeness (QED) is 0.695. The van der Waals surface area contributed by atoms with Crippen molar-refractivity contribution in [3.05, 3.63) is 29.3 Å². The first-order chi connectivity index (χ1) is 6.20. The summed E-state index contributed by atoms with van der Waals surface area (Å²) in [5, 5.41) is 0. The predicted octanol–water partition coefficient (Wildman–Crippen LogP) is 1.20. The molecule has 0 atom stereocenters. The Morgan fingerprint density at radius 2 is 2.31 bits per heavy atom. The highest BCUT2D eigenvalue weighted by Crippen LogP contribution is 2.41. The summed E-state index contributed by atoms with van der Waals surface area (Å²) in [6, 6.07) is 1.67. The van der Waals surface area contributed by atoms with E-state index in [1.807, 2.05) is 0 Å². The average molecular weight is 180 g/mol. The van der Waals surface area contributed by atoms with Gasteiger partial charge in [-0.25, -0.2) is 4.98 Å². The van der Waals surface area contributed by atoms with E-state index in [-0.39, 0.29) is 5.56 Å². The molecule has 2 N–H and O–H groups in total. The maximum Gasteiger partial charge on any atom is 0.253 e. The second-order valence-corrected chi connectivity index (χ2v) is 3.20. The topological polar surface area (TPSA) is 56.0 Å². The van der Waals surface area contributed by atoms with E-state index in [9.17, 15) is 9.18 Å². The van der Waals surface area contributed by atoms with Crippen molar-refractivity contribution < 1.29 is 9.18 Å². The van der Waals surface area contributed by atoms with Crippen LogP contribution in [0, 0.1) is 5.95 Å². The smallest absolute Gasteiger partial charge is 0.253 e. The molecule has 0 bridgehead atoms. The molecule has 1 aromatic rings. The molecule has 13 heavy (non-hydrogen) atoms. The zero-order valence-electron chi connectivity index (χ0n) is 6.96. The third-order valence-electron chi connectivity index (χ3n) is 2.20. The number of halogens is 1. The van der Waals surface area contributed by atoms with Gasteiger partial charge in [0, 0.05) is 6.20 Å². The van der Waals surface area contributed by atoms with Gasteiger partial charge >= 0.3 is 0 Å². The third kappa shape index (κ3) is 1.39. The number of carbonyl (C=O) groups excluding carboxylic acids is 1. The highest BCUT2D eigenvalue weighted by molar-refractivity contribution is 5.94. The van der Waals surface area contributed by atoms with Gasteiger partial charge < -0.3 is 5.73 Å². The largest absolute Gasteiger partial charge is 0.365 e. The van der Waals surface area contributed by atoms with Crippen molar-refractivity contribution in [2.45, 2.75) is 18.8 Å². The molecule has 4 heteroatoms. The summed E-state index contributed by atoms with van der Waals surface area (Å²) in [5.74, 6) is -1.18. The molecule has 1 heterocycles. The number of nitrogens with zero attached hydrogens (tertiary/aromatic N) is 1. The molecule has 0 aliphatic heterocycles. The number of carbonyl (C=O) groups is 1. The highest BCUT2D eigenvalue weighted by atomic mass is 19.1. The van der Waals surface area contributed by atoms with Gasteiger partial charge in [0.15, 0.2) is 0 Å². The molecule has 1 aliphatic carbocycles. The minimum atomic E-state index is -0.753. The Kier molecular flexibility index (Phi) is 1.76. The van der Waals surface area contributed by atoms with Gasteiger partial charge in [-0.3, -0.25) is 4.79 Å². The van der Waals surface area contributed by atoms with E-state index in [0.717, 1.165) is 12.8 Å². The third-order valence-corrected chi connectivity index (χ3v) is 2.20. The zero-order chi connectivity index (χ0) is 9.42. The van der Waals surface area contributed by atoms with Crippen molar-refractivity contribution in [2.24, 2.45) is 5.73 Å². The monoisotopic (exact) mass is 180 g/mol. The first-order valence-corrected chi connectivity index (χ1v) is 4.14. The summed E-state index contributed by atoms with van der Waals surface area (Å²) in [5.41, 5.74) is 5.73. The lowest BCUT2D eigenvalue weighted by Gasteiger charge is -2.04. The Labute approximate surface area is 74.8 Å². The molecular weight excluding hydrogens is 171 g/mol. The summed E-state index contributed by atoms with van der Waals surface area (Å²) in [4.78, 5) is 14.3. The molecule has 0 saturated heterocycles. The van der Waals surface area contributed by atoms with Crippen LogP contribution in [-0.4, -0.2) is 10.9 Å². The molecule has 1 aliphatic rings. The Morgan fingerprint density at radius 3 is 2.85 bits per heavy atom. The van der Waals surface area contributed by atoms with Crippen molar-refractivity contribution in [2.75, 3.05) is 0 Å². The summed E-state index contributed by atoms with van der Waals surface area (Å²) < 4.78 is 13.1. The molecule has 3 nitrogen and oxygen atoms in total. The van der Waals surface area contributed by atoms with Gasteiger partial charge in [-0.05, 0) is 30.4 Å². The van der Waals surface area contributed by atoms with Gasteiger partial charge in [0.25, 0.3) is 5.91 Å². The van der Waals surface area contributed by atoms with Gasteiger partial charge in [0.05, 0.1) is 5.56 Å². The second-order valence-electron chi connectivity index (χ2n) is 3.20. The molecular formula is C9H9FN2O. The van der Waals surface area contributed by atoms with Gasteiger partial charge in [0.2, 0.25) is 5.95 Å². The molecule has 1 amide bonds. The van der Waals surface area contributed by atoms with Crippen LogP contribution in [0.3, 0.4) is 0 Å². The van der Waals surface area contributed by atoms with Crippen molar-refractivity contribution in [1.29, 1.82) is 0 Å². The van der Waals surface area contributed by atoms with Crippen LogP contribution >= 0.6 is 0 Å². The number of amides is 1. The van der Waals surface area contributed by atoms with Crippen LogP contribution in [0.5, 0.6) is 0 Å². The second kappa shape index (κ2) is 2.80. The Bertz CT molecular complexity index is 361. The standard InChI is InChI=1S/C9H9FN2O/c10-8-7(9(11)13)6(3-4-12-8)5-1-2-5/h3-5H,1-2H2,(H2,11,13). The number of hydrogen-bond donors (Lipinski definition) is 1. The average Bonchev–Trinajstić information content (AvgIpc) is 2.85. The van der Waals surface area contributed by atoms with Crippen molar-refractivity contribution in [3.63, 3.8) is 0 Å². The molecule has 0 radical (unpaired) electrons. The number of pyridine rings is 1. The lowest BCUT2D eigenvalue weighted by Crippen LogP contribution is -2.16. The number of hydrogen-bond acceptors (Lipinski definition) is 2. The minimum Gasteiger partial charge on any atom is -0.365 e. The van der Waals surface area contributed by atoms with Crippen LogP contribution in [0.2, 0.25) is 0 Å². The summed E-state index contributed by atoms with van der Waals surface area (Å²) >= 11 is 0. The number of aromatic nitrogens is 1. The van der Waals surface area contributed by atoms with E-state index in [1.165, 1.54) is 6.20 Å². The van der Waals surface area contributed by atoms with E-state index < -0.39 is 11.9 Å². The van der Waals surface area contributed by atoms with E-state index >= 15 is 0 Å². The maximum absolute atomic E-state index is 13.1. The van der Waals surface area contributed by atoms with Crippen molar-refractivity contribution >= 4 is 5.91 Å². The Hall–Kier alpha value is -1.45. The summed E-state index contributed by atoms with van der Waals surface area (Å²) in [6.45, 7) is 0. The normalized spacial score (nSPS) is 15.8. The number of rotatable bonds is 2. The van der Waals surface area contributed by atoms with Gasteiger partial charge in [0.1, 0.15) is 0 Å². The Morgan fingerprint density at radius 1 is 1.62 bits per heavy atom. The Balaban J connectivity index is 2.53. The predicted molar refractivity (Wildman–Crippen MR) is 44.7 cm³/mol. The van der Waals surface area contributed by atoms with Crippen molar-refractivity contribution in [3.8, 4) is 0 Å². The van der Waals surface area contributed by atoms with E-state index in [0.29, 0.717) is 11.5 Å². The summed E-state index contributed by atoms with van der Waals surface area (Å²) in [7, 11) is 0. The highest BCUT2D eigenvalue weighted by Gasteiger charge is 2.29. The lowest BCUT2D eigenvalue weighted by molar-refractivity contribution is 0.0994. The molecule has 0 unspecified atom stereocenters. The van der Waals surface area contributed by atoms with Gasteiger partial charge in [-0.2, -0.15) is 4.39 Å². The first kappa shape index (κ1) is 8.16. The van der Waals surface area contributed by atoms with Crippen LogP contribution in [-0.2, 0) is 0 Å². The van der Waals surface area contributed by atoms with Crippen LogP contribution < -0.4 is 5.73 Å². The van der Waals surface area contributed by atoms with Crippen LogP contribution in [0.4, 0.5) is 4.39 Å². The van der Waals surface area contributed by atoms with Crippen molar-refractivity contribution in [1.82, 2.24) is 4.98 Å². The van der Waals surface area contributed by atoms with Gasteiger partial charge in [-0.1, -0.05) is 0 Å². The maximum atomic E-state index is 13.1. The SMILES string of the molecule is NC(=O)c1c(C2CC2)ccnc1F. The molecule has 68 valence electrons. The fourth-order valence-electron chi connectivity index (χ4n) is 1.43. The van der Waals surface area contributed by atoms with Crippen LogP contribution in [0.15, 0.2) is 12.3 Å². The molecule has 1 aromatic heterocycles. The minimum absolute atomic E-state index is 0.0370. The molecule has 0 aromatic carbocycles. The van der Waals surface area contributed by atoms with Crippen LogP contribution in [0.25, 0.3) is 0 Å². The molecule has 2 rings (SSSR count). The fourth-order valence-corrected chi connectivity index (χ4v) is 1.43. The van der Waals surface area contributed by atoms with E-state index in [1.54, 1.807) is 6.07 Å². The summed E-state index contributed by atoms with van der Waals surface area (Å²) in [6.07, 6.45) is 3.38. The molecule has 0 spiro atoms. The zero-order valence-corrected chi connectivity index (χ0v) is 6.96. The fraction of sp³-hybridized carbons (Fsp3) is 0.333. The van der Waals surface area contributed by atoms with E-state index in [2.05, 4.69) is 4.98 Å². The lowest BCUT2D eigenvalue weighted by atomic mass is 10.1. The first-order valence-electron chi connectivity index (χ1n) is 4.14. The van der Waals surface area contributed by atoms with Crippen LogP contribution in [0.1, 0.15) is 34.7 Å². The number of primary amides is 1.